The number of hydrogen-bond acceptors (Lipinski definition) is 26. The summed E-state index contributed by atoms with van der Waals surface area (Å²) in [6, 6.07) is 31.2. The third-order valence-electron chi connectivity index (χ3n) is 24.7. The molecule has 0 aliphatic rings. The highest BCUT2D eigenvalue weighted by Gasteiger charge is 2.36. The van der Waals surface area contributed by atoms with E-state index in [0.717, 1.165) is 218 Å². The van der Waals surface area contributed by atoms with Gasteiger partial charge in [0.05, 0.1) is 50.4 Å². The van der Waals surface area contributed by atoms with E-state index in [1.165, 1.54) is 42.5 Å². The Kier molecular flexibility index (Phi) is 69.5. The second-order valence-electron chi connectivity index (χ2n) is 37.3. The Morgan fingerprint density at radius 1 is 0.252 bits per heavy atom. The third kappa shape index (κ3) is 60.8. The van der Waals surface area contributed by atoms with Crippen LogP contribution >= 0.6 is 0 Å². The zero-order valence-electron chi connectivity index (χ0n) is 86.0. The second kappa shape index (κ2) is 79.4. The van der Waals surface area contributed by atoms with Crippen LogP contribution in [0.1, 0.15) is 385 Å². The highest BCUT2D eigenvalue weighted by atomic mass is 32.2. The molecule has 7 unspecified atom stereocenters. The highest BCUT2D eigenvalue weighted by molar-refractivity contribution is 7.94. The number of carboxylic acids is 5. The molecule has 5 N–H and O–H groups in total. The van der Waals surface area contributed by atoms with E-state index in [1.807, 2.05) is 0 Å². The molecule has 0 saturated heterocycles. The quantitative estimate of drug-likeness (QED) is 0.00603. The molecule has 5 aromatic carbocycles. The first-order valence-corrected chi connectivity index (χ1v) is 61.9. The van der Waals surface area contributed by atoms with Crippen molar-refractivity contribution in [2.45, 2.75) is 433 Å². The predicted octanol–water partition coefficient (Wildman–Crippen LogP) is 23.5. The summed E-state index contributed by atoms with van der Waals surface area (Å²) in [6.45, 7) is 0.460. The molecule has 7 atom stereocenters. The van der Waals surface area contributed by atoms with Crippen molar-refractivity contribution in [3.63, 3.8) is 0 Å². The Labute approximate surface area is 883 Å². The van der Waals surface area contributed by atoms with E-state index >= 15 is 4.55 Å². The maximum Gasteiger partial charge on any atom is 0.313 e. The number of carbonyl (C=O) groups excluding carboxylic acids is 5. The van der Waals surface area contributed by atoms with Crippen molar-refractivity contribution in [3.8, 4) is 23.0 Å². The summed E-state index contributed by atoms with van der Waals surface area (Å²) in [4.78, 5) is 126. The Morgan fingerprint density at radius 2 is 0.524 bits per heavy atom. The van der Waals surface area contributed by atoms with Gasteiger partial charge in [0.25, 0.3) is 5.44 Å². The first-order chi connectivity index (χ1) is 70.9. The third-order valence-corrected chi connectivity index (χ3v) is 34.6. The van der Waals surface area contributed by atoms with E-state index in [4.69, 9.17) is 63.4 Å². The largest absolute Gasteiger partial charge is 0.611 e. The van der Waals surface area contributed by atoms with Crippen molar-refractivity contribution < 1.29 is 146 Å². The molecular weight excluding hydrogens is 2010 g/mol. The van der Waals surface area contributed by atoms with E-state index in [-0.39, 0.29) is 124 Å². The van der Waals surface area contributed by atoms with Gasteiger partial charge >= 0.3 is 59.7 Å². The van der Waals surface area contributed by atoms with E-state index in [0.29, 0.717) is 86.2 Å². The van der Waals surface area contributed by atoms with Gasteiger partial charge in [-0.15, -0.1) is 0 Å². The number of carboxylic acid groups (broad SMARTS) is 5. The van der Waals surface area contributed by atoms with Gasteiger partial charge in [0.15, 0.2) is 41.0 Å². The minimum Gasteiger partial charge on any atom is -0.611 e. The van der Waals surface area contributed by atoms with Crippen LogP contribution in [0.4, 0.5) is 0 Å². The SMILES string of the molecule is O=C(O)CCCCCCCCCCCOc1ccccc1[S+]([O-])C(CCC(=O)OC(=O)CCCS(=O)(=O)c1ccccc1OCCCCCCCCCCCC(=O)O)OC(=O)CCC(OC(=O)CCC(OC(=O)CCC[S+]([O-])c1ccccc1[S+]([O-])CCCCCCCCCCCC(=O)O)Oc1ccccc1S(=O)(=O)CCCCCCCCCCCC(=O)O)Oc1ccccc1[S+]([O-])CCCCCCCCCCCC(=O)O. The van der Waals surface area contributed by atoms with Gasteiger partial charge in [-0.2, -0.15) is 0 Å². The average Bonchev–Trinajstić information content (AvgIpc) is 0.816. The van der Waals surface area contributed by atoms with Crippen LogP contribution in [0, 0.1) is 0 Å². The Hall–Kier alpha value is -8.66. The minimum absolute atomic E-state index is 0.00292. The lowest BCUT2D eigenvalue weighted by Gasteiger charge is -2.24. The zero-order valence-corrected chi connectivity index (χ0v) is 90.9. The van der Waals surface area contributed by atoms with Crippen molar-refractivity contribution >= 4 is 124 Å². The van der Waals surface area contributed by atoms with Crippen molar-refractivity contribution in [3.05, 3.63) is 121 Å². The molecule has 824 valence electrons. The van der Waals surface area contributed by atoms with Gasteiger partial charge in [0.1, 0.15) is 38.5 Å². The lowest BCUT2D eigenvalue weighted by atomic mass is 10.1. The molecule has 147 heavy (non-hydrogen) atoms. The van der Waals surface area contributed by atoms with Gasteiger partial charge in [-0.25, -0.2) is 16.8 Å². The summed E-state index contributed by atoms with van der Waals surface area (Å²) >= 11 is -7.31. The minimum atomic E-state index is -4.10. The summed E-state index contributed by atoms with van der Waals surface area (Å²) in [7, 11) is -8.14. The standard InChI is InChI=1S/C110H162O31S6/c111-98(112)68-36-26-16-6-1-11-21-31-51-81-134-88-58-41-46-63-93(88)145(129)110(80-77-105(123)138-103(121)74-57-87-147(132,133)96-66-49-43-60-90(96)135-82-52-32-22-12-2-7-17-27-37-69-99(113)114)141-107(125)76-79-108(136-89-59-42-45-62-92(89)142(126)83-53-33-23-13-3-8-18-28-38-70-100(115)116)140-106(124)75-78-109(137-91-61-44-50-67-97(91)146(130,131)86-55-35-25-15-5-10-20-30-40-72-102(119)120)139-104(122)73-56-85-144(128)95-65-48-47-64-94(95)143(127)84-54-34-24-14-4-9-19-29-39-71-101(117)118/h41-50,58-67,108-110H,1-40,51-57,68-87H2,(H,111,112)(H,113,114)(H,115,116)(H,117,118)(H,119,120). The molecule has 0 spiro atoms. The monoisotopic (exact) mass is 2170 g/mol. The van der Waals surface area contributed by atoms with Crippen molar-refractivity contribution in [2.24, 2.45) is 0 Å². The van der Waals surface area contributed by atoms with Crippen LogP contribution in [0.25, 0.3) is 0 Å². The fourth-order valence-corrected chi connectivity index (χ4v) is 25.1. The van der Waals surface area contributed by atoms with Crippen LogP contribution in [-0.2, 0) is 131 Å². The molecule has 0 aliphatic heterocycles. The molecule has 0 aliphatic carbocycles. The molecule has 0 fully saturated rings. The maximum absolute atomic E-state index is 15.2. The number of rotatable bonds is 93. The summed E-state index contributed by atoms with van der Waals surface area (Å²) in [5.41, 5.74) is -1.67. The van der Waals surface area contributed by atoms with E-state index in [9.17, 15) is 78.4 Å². The summed E-state index contributed by atoms with van der Waals surface area (Å²) in [5, 5.41) is 44.8. The van der Waals surface area contributed by atoms with Crippen molar-refractivity contribution in [1.29, 1.82) is 0 Å². The average molecular weight is 2170 g/mol. The number of hydrogen-bond donors (Lipinski definition) is 5. The maximum atomic E-state index is 15.2. The number of carbonyl (C=O) groups is 10. The second-order valence-corrected chi connectivity index (χ2v) is 47.6. The van der Waals surface area contributed by atoms with Gasteiger partial charge in [-0.05, 0) is 178 Å². The molecular formula is C110H162O31S6. The fraction of sp³-hybridized carbons (Fsp3) is 0.636. The number of benzene rings is 5. The Morgan fingerprint density at radius 3 is 0.939 bits per heavy atom. The van der Waals surface area contributed by atoms with E-state index in [1.54, 1.807) is 78.9 Å². The number of ether oxygens (including phenoxy) is 8. The van der Waals surface area contributed by atoms with Gasteiger partial charge in [-0.3, -0.25) is 47.9 Å². The number of sulfone groups is 2. The predicted molar refractivity (Wildman–Crippen MR) is 565 cm³/mol. The van der Waals surface area contributed by atoms with Gasteiger partial charge in [0.2, 0.25) is 22.4 Å². The summed E-state index contributed by atoms with van der Waals surface area (Å²) < 4.78 is 162. The molecule has 0 amide bonds. The number of aliphatic carboxylic acids is 5. The fourth-order valence-electron chi connectivity index (χ4n) is 16.6. The first kappa shape index (κ1) is 129. The van der Waals surface area contributed by atoms with E-state index < -0.39 is 193 Å². The van der Waals surface area contributed by atoms with Crippen LogP contribution in [0.5, 0.6) is 23.0 Å². The van der Waals surface area contributed by atoms with Crippen LogP contribution < -0.4 is 18.9 Å². The van der Waals surface area contributed by atoms with Gasteiger partial charge < -0.3 is 81.6 Å². The molecule has 0 radical (unpaired) electrons. The van der Waals surface area contributed by atoms with E-state index in [2.05, 4.69) is 0 Å². The zero-order chi connectivity index (χ0) is 107. The number of esters is 5. The van der Waals surface area contributed by atoms with Crippen molar-refractivity contribution in [2.75, 3.05) is 42.0 Å². The van der Waals surface area contributed by atoms with Crippen LogP contribution in [0.2, 0.25) is 0 Å². The molecule has 0 aromatic heterocycles. The number of para-hydroxylation sites is 4. The summed E-state index contributed by atoms with van der Waals surface area (Å²) in [5.74, 6) is -9.41. The lowest BCUT2D eigenvalue weighted by molar-refractivity contribution is -0.174. The summed E-state index contributed by atoms with van der Waals surface area (Å²) in [6.07, 6.45) is 30.2. The molecule has 31 nitrogen and oxygen atoms in total. The molecule has 0 saturated carbocycles. The molecule has 0 bridgehead atoms. The topological polar surface area (TPSA) is 506 Å². The molecule has 0 heterocycles. The van der Waals surface area contributed by atoms with Gasteiger partial charge in [0, 0.05) is 75.4 Å². The lowest BCUT2D eigenvalue weighted by Crippen LogP contribution is -2.31. The Balaban J connectivity index is 1.39. The Bertz CT molecular complexity index is 4810. The van der Waals surface area contributed by atoms with Gasteiger partial charge in [-0.1, -0.05) is 273 Å². The molecule has 37 heteroatoms. The number of unbranched alkanes of at least 4 members (excludes halogenated alkanes) is 40. The normalized spacial score (nSPS) is 13.0. The van der Waals surface area contributed by atoms with Crippen LogP contribution in [0.15, 0.2) is 151 Å². The first-order valence-electron chi connectivity index (χ1n) is 53.4. The highest BCUT2D eigenvalue weighted by Crippen LogP contribution is 2.36. The van der Waals surface area contributed by atoms with Crippen LogP contribution in [0.3, 0.4) is 0 Å². The van der Waals surface area contributed by atoms with Crippen molar-refractivity contribution in [1.82, 2.24) is 0 Å². The molecule has 5 aromatic rings. The van der Waals surface area contributed by atoms with Crippen LogP contribution in [-0.4, -0.2) is 180 Å². The smallest absolute Gasteiger partial charge is 0.313 e. The molecule has 5 rings (SSSR count).